The number of imidazole rings is 1. The molecule has 2 rings (SSSR count). The van der Waals surface area contributed by atoms with Crippen LogP contribution < -0.4 is 5.73 Å². The summed E-state index contributed by atoms with van der Waals surface area (Å²) in [5.74, 6) is 0.824. The summed E-state index contributed by atoms with van der Waals surface area (Å²) < 4.78 is 0. The van der Waals surface area contributed by atoms with Crippen LogP contribution >= 0.6 is 23.2 Å². The number of aliphatic imine (C=N–C) groups is 1. The van der Waals surface area contributed by atoms with Crippen LogP contribution in [0.5, 0.6) is 0 Å². The maximum atomic E-state index is 5.95. The van der Waals surface area contributed by atoms with Crippen LogP contribution in [0.1, 0.15) is 13.8 Å². The first-order valence-electron chi connectivity index (χ1n) is 5.80. The Morgan fingerprint density at radius 2 is 2.00 bits per heavy atom. The van der Waals surface area contributed by atoms with Crippen LogP contribution in [0.3, 0.4) is 0 Å². The van der Waals surface area contributed by atoms with Crippen molar-refractivity contribution < 1.29 is 0 Å². The molecule has 0 aliphatic heterocycles. The number of nitrogens with two attached hydrogens (primary N) is 1. The summed E-state index contributed by atoms with van der Waals surface area (Å²) in [6.07, 6.45) is 0. The third-order valence-electron chi connectivity index (χ3n) is 2.87. The van der Waals surface area contributed by atoms with Crippen molar-refractivity contribution in [2.45, 2.75) is 19.9 Å². The van der Waals surface area contributed by atoms with Crippen LogP contribution in [-0.2, 0) is 0 Å². The predicted octanol–water partition coefficient (Wildman–Crippen LogP) is 3.16. The van der Waals surface area contributed by atoms with E-state index >= 15 is 0 Å². The van der Waals surface area contributed by atoms with E-state index in [4.69, 9.17) is 28.9 Å². The van der Waals surface area contributed by atoms with E-state index in [9.17, 15) is 0 Å². The number of nitrogens with zero attached hydrogens (tertiary/aromatic N) is 3. The minimum Gasteiger partial charge on any atom is -0.369 e. The van der Waals surface area contributed by atoms with Gasteiger partial charge in [0.1, 0.15) is 0 Å². The van der Waals surface area contributed by atoms with Crippen LogP contribution in [0.15, 0.2) is 17.1 Å². The molecule has 1 aromatic heterocycles. The normalized spacial score (nSPS) is 12.4. The van der Waals surface area contributed by atoms with Crippen molar-refractivity contribution in [3.8, 4) is 0 Å². The molecule has 1 heterocycles. The second-order valence-corrected chi connectivity index (χ2v) is 5.33. The van der Waals surface area contributed by atoms with Gasteiger partial charge in [-0.3, -0.25) is 0 Å². The monoisotopic (exact) mass is 299 g/mol. The summed E-state index contributed by atoms with van der Waals surface area (Å²) in [5.41, 5.74) is 7.37. The number of rotatable bonds is 2. The third-order valence-corrected chi connectivity index (χ3v) is 3.59. The first-order valence-corrected chi connectivity index (χ1v) is 6.56. The summed E-state index contributed by atoms with van der Waals surface area (Å²) in [5, 5.41) is 0.934. The molecular formula is C12H15Cl2N5. The Morgan fingerprint density at radius 1 is 1.37 bits per heavy atom. The lowest BCUT2D eigenvalue weighted by Crippen LogP contribution is -2.38. The Labute approximate surface area is 121 Å². The number of hydrogen-bond acceptors (Lipinski definition) is 2. The molecule has 7 heteroatoms. The van der Waals surface area contributed by atoms with Gasteiger partial charge in [-0.1, -0.05) is 23.2 Å². The molecule has 0 spiro atoms. The van der Waals surface area contributed by atoms with E-state index in [0.717, 1.165) is 5.52 Å². The van der Waals surface area contributed by atoms with Crippen molar-refractivity contribution in [3.05, 3.63) is 22.2 Å². The highest BCUT2D eigenvalue weighted by Crippen LogP contribution is 2.27. The Balaban J connectivity index is 2.39. The van der Waals surface area contributed by atoms with E-state index in [1.807, 2.05) is 25.8 Å². The average molecular weight is 300 g/mol. The van der Waals surface area contributed by atoms with Crippen molar-refractivity contribution in [1.82, 2.24) is 14.9 Å². The highest BCUT2D eigenvalue weighted by atomic mass is 35.5. The Kier molecular flexibility index (Phi) is 3.87. The average Bonchev–Trinajstić information content (AvgIpc) is 2.69. The van der Waals surface area contributed by atoms with Gasteiger partial charge in [0.2, 0.25) is 5.95 Å². The van der Waals surface area contributed by atoms with Crippen LogP contribution in [0.25, 0.3) is 11.0 Å². The number of nitrogens with one attached hydrogen (secondary N) is 1. The summed E-state index contributed by atoms with van der Waals surface area (Å²) in [6.45, 7) is 4.06. The number of guanidine groups is 1. The predicted molar refractivity (Wildman–Crippen MR) is 80.3 cm³/mol. The first-order chi connectivity index (χ1) is 8.88. The Morgan fingerprint density at radius 3 is 2.63 bits per heavy atom. The largest absolute Gasteiger partial charge is 0.369 e. The summed E-state index contributed by atoms with van der Waals surface area (Å²) in [7, 11) is 1.87. The maximum Gasteiger partial charge on any atom is 0.231 e. The van der Waals surface area contributed by atoms with E-state index in [2.05, 4.69) is 15.0 Å². The number of aromatic nitrogens is 2. The molecule has 0 bridgehead atoms. The molecule has 3 N–H and O–H groups in total. The SMILES string of the molecule is CC(C)N(C)/C(N)=N/c1nc2cc(Cl)c(Cl)cc2[nH]1. The fourth-order valence-electron chi connectivity index (χ4n) is 1.50. The molecule has 0 saturated carbocycles. The molecule has 102 valence electrons. The van der Waals surface area contributed by atoms with Gasteiger partial charge in [-0.25, -0.2) is 4.98 Å². The molecular weight excluding hydrogens is 285 g/mol. The highest BCUT2D eigenvalue weighted by molar-refractivity contribution is 6.42. The summed E-state index contributed by atoms with van der Waals surface area (Å²) in [4.78, 5) is 13.4. The zero-order valence-corrected chi connectivity index (χ0v) is 12.4. The topological polar surface area (TPSA) is 70.3 Å². The molecule has 0 saturated heterocycles. The molecule has 19 heavy (non-hydrogen) atoms. The molecule has 0 fully saturated rings. The smallest absolute Gasteiger partial charge is 0.231 e. The minimum absolute atomic E-state index is 0.261. The second kappa shape index (κ2) is 5.27. The molecule has 0 aliphatic carbocycles. The molecule has 0 unspecified atom stereocenters. The lowest BCUT2D eigenvalue weighted by atomic mass is 10.3. The van der Waals surface area contributed by atoms with E-state index in [1.54, 1.807) is 12.1 Å². The maximum absolute atomic E-state index is 5.95. The quantitative estimate of drug-likeness (QED) is 0.661. The van der Waals surface area contributed by atoms with Crippen molar-refractivity contribution >= 4 is 46.1 Å². The Hall–Kier alpha value is -1.46. The zero-order chi connectivity index (χ0) is 14.2. The van der Waals surface area contributed by atoms with Crippen molar-refractivity contribution in [2.75, 3.05) is 7.05 Å². The number of benzene rings is 1. The number of H-pyrrole nitrogens is 1. The minimum atomic E-state index is 0.261. The van der Waals surface area contributed by atoms with Crippen LogP contribution in [-0.4, -0.2) is 33.9 Å². The van der Waals surface area contributed by atoms with Crippen LogP contribution in [0.2, 0.25) is 10.0 Å². The number of fused-ring (bicyclic) bond motifs is 1. The van der Waals surface area contributed by atoms with E-state index in [-0.39, 0.29) is 6.04 Å². The summed E-state index contributed by atoms with van der Waals surface area (Å²) in [6, 6.07) is 3.67. The van der Waals surface area contributed by atoms with Gasteiger partial charge in [-0.2, -0.15) is 4.99 Å². The van der Waals surface area contributed by atoms with Gasteiger partial charge in [-0.05, 0) is 26.0 Å². The Bertz CT molecular complexity index is 593. The van der Waals surface area contributed by atoms with Crippen molar-refractivity contribution in [2.24, 2.45) is 10.7 Å². The number of aromatic amines is 1. The zero-order valence-electron chi connectivity index (χ0n) is 10.9. The summed E-state index contributed by atoms with van der Waals surface area (Å²) >= 11 is 11.9. The first kappa shape index (κ1) is 14.0. The molecule has 0 radical (unpaired) electrons. The molecule has 5 nitrogen and oxygen atoms in total. The lowest BCUT2D eigenvalue weighted by molar-refractivity contribution is 0.413. The van der Waals surface area contributed by atoms with E-state index < -0.39 is 0 Å². The van der Waals surface area contributed by atoms with Crippen LogP contribution in [0.4, 0.5) is 5.95 Å². The van der Waals surface area contributed by atoms with Gasteiger partial charge in [0.15, 0.2) is 5.96 Å². The molecule has 1 aromatic carbocycles. The van der Waals surface area contributed by atoms with Gasteiger partial charge < -0.3 is 15.6 Å². The lowest BCUT2D eigenvalue weighted by Gasteiger charge is -2.21. The third kappa shape index (κ3) is 2.93. The highest BCUT2D eigenvalue weighted by Gasteiger charge is 2.09. The number of hydrogen-bond donors (Lipinski definition) is 2. The van der Waals surface area contributed by atoms with Gasteiger partial charge in [0, 0.05) is 13.1 Å². The fraction of sp³-hybridized carbons (Fsp3) is 0.333. The molecule has 2 aromatic rings. The van der Waals surface area contributed by atoms with E-state index in [1.165, 1.54) is 0 Å². The fourth-order valence-corrected chi connectivity index (χ4v) is 1.82. The van der Waals surface area contributed by atoms with Crippen molar-refractivity contribution in [3.63, 3.8) is 0 Å². The standard InChI is InChI=1S/C12H15Cl2N5/c1-6(2)19(3)11(15)18-12-16-9-4-7(13)8(14)5-10(9)17-12/h4-6H,1-3H3,(H3,15,16,17,18). The van der Waals surface area contributed by atoms with Gasteiger partial charge >= 0.3 is 0 Å². The van der Waals surface area contributed by atoms with Gasteiger partial charge in [-0.15, -0.1) is 0 Å². The van der Waals surface area contributed by atoms with Crippen molar-refractivity contribution in [1.29, 1.82) is 0 Å². The van der Waals surface area contributed by atoms with Crippen LogP contribution in [0, 0.1) is 0 Å². The van der Waals surface area contributed by atoms with E-state index in [0.29, 0.717) is 27.5 Å². The molecule has 0 amide bonds. The number of halogens is 2. The van der Waals surface area contributed by atoms with Gasteiger partial charge in [0.05, 0.1) is 21.1 Å². The second-order valence-electron chi connectivity index (χ2n) is 4.52. The molecule has 0 aliphatic rings. The van der Waals surface area contributed by atoms with Gasteiger partial charge in [0.25, 0.3) is 0 Å². The molecule has 0 atom stereocenters.